The maximum atomic E-state index is 5.91. The van der Waals surface area contributed by atoms with Gasteiger partial charge >= 0.3 is 0 Å². The molecule has 1 heterocycles. The first-order valence-corrected chi connectivity index (χ1v) is 7.44. The summed E-state index contributed by atoms with van der Waals surface area (Å²) in [6, 6.07) is 10.4. The quantitative estimate of drug-likeness (QED) is 0.851. The van der Waals surface area contributed by atoms with Crippen molar-refractivity contribution < 1.29 is 0 Å². The average molecular weight is 273 g/mol. The molecule has 100 valence electrons. The van der Waals surface area contributed by atoms with Gasteiger partial charge in [-0.3, -0.25) is 4.98 Å². The summed E-state index contributed by atoms with van der Waals surface area (Å²) < 4.78 is 0. The maximum Gasteiger partial charge on any atom is 0.0441 e. The predicted octanol–water partition coefficient (Wildman–Crippen LogP) is 2.90. The van der Waals surface area contributed by atoms with E-state index in [1.807, 2.05) is 12.3 Å². The number of nitrogens with zero attached hydrogens (tertiary/aromatic N) is 2. The number of thioether (sulfide) groups is 1. The Morgan fingerprint density at radius 3 is 2.74 bits per heavy atom. The van der Waals surface area contributed by atoms with Crippen molar-refractivity contribution in [3.63, 3.8) is 0 Å². The summed E-state index contributed by atoms with van der Waals surface area (Å²) in [5.41, 5.74) is 9.51. The van der Waals surface area contributed by atoms with Gasteiger partial charge in [-0.15, -0.1) is 11.8 Å². The molecule has 2 rings (SSSR count). The lowest BCUT2D eigenvalue weighted by Crippen LogP contribution is -2.19. The zero-order chi connectivity index (χ0) is 13.7. The summed E-state index contributed by atoms with van der Waals surface area (Å²) in [6.07, 6.45) is 5.78. The van der Waals surface area contributed by atoms with Gasteiger partial charge in [-0.05, 0) is 30.0 Å². The van der Waals surface area contributed by atoms with Crippen LogP contribution in [0.3, 0.4) is 0 Å². The van der Waals surface area contributed by atoms with E-state index in [-0.39, 0.29) is 0 Å². The average Bonchev–Trinajstić information content (AvgIpc) is 2.47. The van der Waals surface area contributed by atoms with Gasteiger partial charge < -0.3 is 10.6 Å². The number of aromatic nitrogens is 1. The first-order chi connectivity index (χ1) is 9.26. The highest BCUT2D eigenvalue weighted by Crippen LogP contribution is 2.29. The zero-order valence-electron chi connectivity index (χ0n) is 11.3. The molecule has 0 bridgehead atoms. The molecular weight excluding hydrogens is 254 g/mol. The first-order valence-electron chi connectivity index (χ1n) is 6.22. The fourth-order valence-corrected chi connectivity index (χ4v) is 2.81. The number of anilines is 1. The number of hydrogen-bond donors (Lipinski definition) is 1. The Morgan fingerprint density at radius 2 is 2.11 bits per heavy atom. The fourth-order valence-electron chi connectivity index (χ4n) is 2.16. The second-order valence-electron chi connectivity index (χ2n) is 4.38. The number of nitrogens with two attached hydrogens (primary N) is 1. The first kappa shape index (κ1) is 13.9. The van der Waals surface area contributed by atoms with Crippen LogP contribution >= 0.6 is 11.8 Å². The molecule has 0 fully saturated rings. The molecule has 0 aliphatic carbocycles. The predicted molar refractivity (Wildman–Crippen MR) is 82.5 cm³/mol. The number of hydrogen-bond acceptors (Lipinski definition) is 4. The second kappa shape index (κ2) is 6.59. The third kappa shape index (κ3) is 3.28. The Morgan fingerprint density at radius 1 is 1.26 bits per heavy atom. The van der Waals surface area contributed by atoms with Crippen LogP contribution in [0.25, 0.3) is 0 Å². The molecule has 0 amide bonds. The fraction of sp³-hybridized carbons (Fsp3) is 0.267. The molecule has 0 atom stereocenters. The van der Waals surface area contributed by atoms with Gasteiger partial charge in [0, 0.05) is 48.7 Å². The molecule has 4 heteroatoms. The summed E-state index contributed by atoms with van der Waals surface area (Å²) in [5.74, 6) is 0. The van der Waals surface area contributed by atoms with E-state index in [4.69, 9.17) is 5.73 Å². The normalized spacial score (nSPS) is 10.5. The number of pyridine rings is 1. The maximum absolute atomic E-state index is 5.91. The minimum atomic E-state index is 0.559. The highest BCUT2D eigenvalue weighted by molar-refractivity contribution is 7.98. The highest BCUT2D eigenvalue weighted by atomic mass is 32.2. The van der Waals surface area contributed by atoms with Crippen LogP contribution in [0.15, 0.2) is 47.6 Å². The SMILES string of the molecule is CSc1cccc(N(C)Cc2cccnc2)c1CN. The van der Waals surface area contributed by atoms with Gasteiger partial charge in [0.15, 0.2) is 0 Å². The van der Waals surface area contributed by atoms with Gasteiger partial charge in [-0.1, -0.05) is 12.1 Å². The van der Waals surface area contributed by atoms with Crippen molar-refractivity contribution in [3.05, 3.63) is 53.9 Å². The van der Waals surface area contributed by atoms with E-state index in [1.54, 1.807) is 18.0 Å². The number of benzene rings is 1. The van der Waals surface area contributed by atoms with E-state index in [9.17, 15) is 0 Å². The van der Waals surface area contributed by atoms with Crippen molar-refractivity contribution >= 4 is 17.4 Å². The van der Waals surface area contributed by atoms with E-state index in [0.29, 0.717) is 6.54 Å². The molecule has 0 unspecified atom stereocenters. The Bertz CT molecular complexity index is 528. The topological polar surface area (TPSA) is 42.2 Å². The standard InChI is InChI=1S/C15H19N3S/c1-18(11-12-5-4-8-17-10-12)14-6-3-7-15(19-2)13(14)9-16/h3-8,10H,9,11,16H2,1-2H3. The van der Waals surface area contributed by atoms with Crippen LogP contribution in [0.5, 0.6) is 0 Å². The van der Waals surface area contributed by atoms with Crippen molar-refractivity contribution in [1.82, 2.24) is 4.98 Å². The van der Waals surface area contributed by atoms with Gasteiger partial charge in [0.05, 0.1) is 0 Å². The minimum absolute atomic E-state index is 0.559. The van der Waals surface area contributed by atoms with E-state index in [0.717, 1.165) is 6.54 Å². The molecule has 0 aliphatic rings. The summed E-state index contributed by atoms with van der Waals surface area (Å²) in [7, 11) is 2.09. The smallest absolute Gasteiger partial charge is 0.0441 e. The van der Waals surface area contributed by atoms with Crippen molar-refractivity contribution in [2.24, 2.45) is 5.73 Å². The zero-order valence-corrected chi connectivity index (χ0v) is 12.2. The lowest BCUT2D eigenvalue weighted by atomic mass is 10.1. The Kier molecular flexibility index (Phi) is 4.82. The number of rotatable bonds is 5. The summed E-state index contributed by atoms with van der Waals surface area (Å²) in [6.45, 7) is 1.39. The van der Waals surface area contributed by atoms with Crippen LogP contribution in [-0.2, 0) is 13.1 Å². The van der Waals surface area contributed by atoms with Crippen molar-refractivity contribution in [2.75, 3.05) is 18.2 Å². The van der Waals surface area contributed by atoms with Crippen molar-refractivity contribution in [1.29, 1.82) is 0 Å². The molecule has 0 saturated heterocycles. The molecule has 2 aromatic rings. The lowest BCUT2D eigenvalue weighted by molar-refractivity contribution is 0.889. The van der Waals surface area contributed by atoms with Crippen LogP contribution < -0.4 is 10.6 Å². The molecular formula is C15H19N3S. The highest BCUT2D eigenvalue weighted by Gasteiger charge is 2.10. The third-order valence-corrected chi connectivity index (χ3v) is 3.91. The Balaban J connectivity index is 2.26. The van der Waals surface area contributed by atoms with Crippen molar-refractivity contribution in [2.45, 2.75) is 18.0 Å². The molecule has 1 aromatic carbocycles. The third-order valence-electron chi connectivity index (χ3n) is 3.09. The molecule has 1 aromatic heterocycles. The lowest BCUT2D eigenvalue weighted by Gasteiger charge is -2.23. The van der Waals surface area contributed by atoms with Crippen LogP contribution in [0.1, 0.15) is 11.1 Å². The van der Waals surface area contributed by atoms with Gasteiger partial charge in [0.1, 0.15) is 0 Å². The molecule has 2 N–H and O–H groups in total. The van der Waals surface area contributed by atoms with Crippen LogP contribution in [0.4, 0.5) is 5.69 Å². The van der Waals surface area contributed by atoms with Gasteiger partial charge in [0.25, 0.3) is 0 Å². The summed E-state index contributed by atoms with van der Waals surface area (Å²) in [4.78, 5) is 7.62. The molecule has 0 radical (unpaired) electrons. The van der Waals surface area contributed by atoms with Crippen LogP contribution in [0.2, 0.25) is 0 Å². The van der Waals surface area contributed by atoms with E-state index >= 15 is 0 Å². The van der Waals surface area contributed by atoms with Gasteiger partial charge in [-0.25, -0.2) is 0 Å². The van der Waals surface area contributed by atoms with Crippen LogP contribution in [-0.4, -0.2) is 18.3 Å². The summed E-state index contributed by atoms with van der Waals surface area (Å²) in [5, 5.41) is 0. The largest absolute Gasteiger partial charge is 0.370 e. The Labute approximate surface area is 118 Å². The van der Waals surface area contributed by atoms with Crippen LogP contribution in [0, 0.1) is 0 Å². The molecule has 0 aliphatic heterocycles. The molecule has 0 saturated carbocycles. The van der Waals surface area contributed by atoms with Gasteiger partial charge in [-0.2, -0.15) is 0 Å². The van der Waals surface area contributed by atoms with E-state index < -0.39 is 0 Å². The Hall–Kier alpha value is -1.52. The second-order valence-corrected chi connectivity index (χ2v) is 5.23. The van der Waals surface area contributed by atoms with Crippen molar-refractivity contribution in [3.8, 4) is 0 Å². The van der Waals surface area contributed by atoms with Gasteiger partial charge in [0.2, 0.25) is 0 Å². The molecule has 3 nitrogen and oxygen atoms in total. The molecule has 0 spiro atoms. The van der Waals surface area contributed by atoms with E-state index in [1.165, 1.54) is 21.7 Å². The van der Waals surface area contributed by atoms with E-state index in [2.05, 4.69) is 47.5 Å². The monoisotopic (exact) mass is 273 g/mol. The minimum Gasteiger partial charge on any atom is -0.370 e. The molecule has 19 heavy (non-hydrogen) atoms. The summed E-state index contributed by atoms with van der Waals surface area (Å²) >= 11 is 1.74.